The highest BCUT2D eigenvalue weighted by Crippen LogP contribution is 2.62. The molecule has 14 heavy (non-hydrogen) atoms. The van der Waals surface area contributed by atoms with Gasteiger partial charge in [0.2, 0.25) is 0 Å². The fraction of sp³-hybridized carbons (Fsp3) is 0.889. The van der Waals surface area contributed by atoms with Gasteiger partial charge in [0.05, 0.1) is 6.10 Å². The van der Waals surface area contributed by atoms with Crippen molar-refractivity contribution in [1.29, 1.82) is 5.41 Å². The highest BCUT2D eigenvalue weighted by Gasteiger charge is 2.71. The predicted octanol–water partition coefficient (Wildman–Crippen LogP) is 0.779. The first-order chi connectivity index (χ1) is 6.52. The van der Waals surface area contributed by atoms with Crippen LogP contribution in [-0.4, -0.2) is 25.5 Å². The Labute approximate surface area is 83.3 Å². The van der Waals surface area contributed by atoms with Crippen LogP contribution in [-0.2, 0) is 14.3 Å². The molecule has 0 amide bonds. The zero-order valence-corrected chi connectivity index (χ0v) is 8.75. The number of hydrogen-bond acceptors (Lipinski definition) is 4. The summed E-state index contributed by atoms with van der Waals surface area (Å²) in [5.74, 6) is 0.819. The number of hydrogen-bond donors (Lipinski definition) is 1. The van der Waals surface area contributed by atoms with Gasteiger partial charge in [0.1, 0.15) is 4.75 Å². The summed E-state index contributed by atoms with van der Waals surface area (Å²) in [6.07, 6.45) is 2.47. The standard InChI is InChI=1S/C9H13NO3S/c1-5-6-2-7-8(5)13-14(11,12)9(7,3-6)4-10/h4-8,10H,2-3H2,1H3. The van der Waals surface area contributed by atoms with Gasteiger partial charge in [-0.2, -0.15) is 8.42 Å². The quantitative estimate of drug-likeness (QED) is 0.519. The van der Waals surface area contributed by atoms with Crippen LogP contribution < -0.4 is 0 Å². The molecule has 2 bridgehead atoms. The third kappa shape index (κ3) is 0.683. The van der Waals surface area contributed by atoms with Gasteiger partial charge in [0.15, 0.2) is 0 Å². The minimum absolute atomic E-state index is 0.0463. The molecule has 78 valence electrons. The first kappa shape index (κ1) is 8.85. The van der Waals surface area contributed by atoms with Gasteiger partial charge in [-0.15, -0.1) is 0 Å². The van der Waals surface area contributed by atoms with Gasteiger partial charge in [-0.1, -0.05) is 6.92 Å². The number of nitrogens with one attached hydrogen (secondary N) is 1. The van der Waals surface area contributed by atoms with Gasteiger partial charge in [0, 0.05) is 12.1 Å². The van der Waals surface area contributed by atoms with Crippen LogP contribution in [0.3, 0.4) is 0 Å². The van der Waals surface area contributed by atoms with Crippen LogP contribution in [0, 0.1) is 23.2 Å². The van der Waals surface area contributed by atoms with Crippen molar-refractivity contribution < 1.29 is 12.6 Å². The number of rotatable bonds is 1. The van der Waals surface area contributed by atoms with Gasteiger partial charge in [0.25, 0.3) is 10.1 Å². The lowest BCUT2D eigenvalue weighted by Gasteiger charge is -2.27. The molecule has 1 saturated heterocycles. The minimum Gasteiger partial charge on any atom is -0.311 e. The van der Waals surface area contributed by atoms with Gasteiger partial charge in [-0.05, 0) is 24.7 Å². The van der Waals surface area contributed by atoms with Crippen LogP contribution in [0.1, 0.15) is 19.8 Å². The summed E-state index contributed by atoms with van der Waals surface area (Å²) in [6, 6.07) is 0. The molecular weight excluding hydrogens is 202 g/mol. The summed E-state index contributed by atoms with van der Waals surface area (Å²) in [6.45, 7) is 2.06. The largest absolute Gasteiger partial charge is 0.311 e. The average molecular weight is 215 g/mol. The molecule has 0 aromatic carbocycles. The van der Waals surface area contributed by atoms with Crippen molar-refractivity contribution in [1.82, 2.24) is 0 Å². The summed E-state index contributed by atoms with van der Waals surface area (Å²) in [4.78, 5) is 0. The van der Waals surface area contributed by atoms with Crippen LogP contribution >= 0.6 is 0 Å². The average Bonchev–Trinajstić information content (AvgIpc) is 2.67. The molecule has 0 spiro atoms. The molecule has 1 heterocycles. The summed E-state index contributed by atoms with van der Waals surface area (Å²) in [5, 5.41) is 7.37. The maximum absolute atomic E-state index is 11.8. The van der Waals surface area contributed by atoms with Crippen molar-refractivity contribution >= 4 is 16.3 Å². The monoisotopic (exact) mass is 215 g/mol. The van der Waals surface area contributed by atoms with Crippen molar-refractivity contribution in [2.75, 3.05) is 0 Å². The van der Waals surface area contributed by atoms with Gasteiger partial charge >= 0.3 is 0 Å². The van der Waals surface area contributed by atoms with Gasteiger partial charge in [-0.3, -0.25) is 4.18 Å². The second kappa shape index (κ2) is 2.22. The molecule has 5 unspecified atom stereocenters. The van der Waals surface area contributed by atoms with E-state index in [-0.39, 0.29) is 12.0 Å². The van der Waals surface area contributed by atoms with Crippen molar-refractivity contribution in [2.45, 2.75) is 30.6 Å². The first-order valence-electron chi connectivity index (χ1n) is 4.96. The second-order valence-corrected chi connectivity index (χ2v) is 6.64. The molecule has 5 heteroatoms. The predicted molar refractivity (Wildman–Crippen MR) is 50.7 cm³/mol. The normalized spacial score (nSPS) is 57.8. The van der Waals surface area contributed by atoms with Crippen LogP contribution in [0.2, 0.25) is 0 Å². The minimum atomic E-state index is -3.52. The van der Waals surface area contributed by atoms with Crippen LogP contribution in [0.15, 0.2) is 0 Å². The third-order valence-electron chi connectivity index (χ3n) is 4.37. The molecule has 0 aromatic heterocycles. The Bertz CT molecular complexity index is 404. The van der Waals surface area contributed by atoms with Crippen molar-refractivity contribution in [3.05, 3.63) is 0 Å². The van der Waals surface area contributed by atoms with E-state index in [0.717, 1.165) is 12.6 Å². The van der Waals surface area contributed by atoms with Crippen molar-refractivity contribution in [2.24, 2.45) is 17.8 Å². The lowest BCUT2D eigenvalue weighted by Crippen LogP contribution is -2.42. The summed E-state index contributed by atoms with van der Waals surface area (Å²) >= 11 is 0. The van der Waals surface area contributed by atoms with E-state index in [1.54, 1.807) is 0 Å². The molecular formula is C9H13NO3S. The molecule has 4 nitrogen and oxygen atoms in total. The maximum atomic E-state index is 11.8. The molecule has 0 aromatic rings. The molecule has 5 atom stereocenters. The van der Waals surface area contributed by atoms with E-state index in [1.807, 2.05) is 0 Å². The molecule has 3 rings (SSSR count). The van der Waals surface area contributed by atoms with Crippen LogP contribution in [0.5, 0.6) is 0 Å². The van der Waals surface area contributed by atoms with Gasteiger partial charge in [-0.25, -0.2) is 0 Å². The lowest BCUT2D eigenvalue weighted by molar-refractivity contribution is 0.136. The number of fused-ring (bicyclic) bond motifs is 1. The van der Waals surface area contributed by atoms with Crippen LogP contribution in [0.25, 0.3) is 0 Å². The Morgan fingerprint density at radius 1 is 1.57 bits per heavy atom. The van der Waals surface area contributed by atoms with E-state index in [4.69, 9.17) is 9.59 Å². The molecule has 1 aliphatic heterocycles. The smallest absolute Gasteiger partial charge is 0.278 e. The summed E-state index contributed by atoms with van der Waals surface area (Å²) in [5.41, 5.74) is 0. The van der Waals surface area contributed by atoms with E-state index in [2.05, 4.69) is 6.92 Å². The Morgan fingerprint density at radius 3 is 2.86 bits per heavy atom. The molecule has 2 aliphatic carbocycles. The highest BCUT2D eigenvalue weighted by atomic mass is 32.2. The zero-order valence-electron chi connectivity index (χ0n) is 7.93. The Hall–Kier alpha value is -0.420. The highest BCUT2D eigenvalue weighted by molar-refractivity contribution is 7.89. The first-order valence-corrected chi connectivity index (χ1v) is 6.37. The maximum Gasteiger partial charge on any atom is 0.278 e. The molecule has 3 fully saturated rings. The van der Waals surface area contributed by atoms with Crippen LogP contribution in [0.4, 0.5) is 0 Å². The Kier molecular flexibility index (Phi) is 1.40. The molecule has 0 radical (unpaired) electrons. The lowest BCUT2D eigenvalue weighted by atomic mass is 9.81. The Morgan fingerprint density at radius 2 is 2.29 bits per heavy atom. The van der Waals surface area contributed by atoms with E-state index >= 15 is 0 Å². The van der Waals surface area contributed by atoms with Crippen molar-refractivity contribution in [3.8, 4) is 0 Å². The topological polar surface area (TPSA) is 67.2 Å². The molecule has 2 saturated carbocycles. The second-order valence-electron chi connectivity index (χ2n) is 4.78. The fourth-order valence-electron chi connectivity index (χ4n) is 3.53. The summed E-state index contributed by atoms with van der Waals surface area (Å²) in [7, 11) is -3.52. The summed E-state index contributed by atoms with van der Waals surface area (Å²) < 4.78 is 27.8. The third-order valence-corrected chi connectivity index (χ3v) is 6.37. The van der Waals surface area contributed by atoms with E-state index in [1.165, 1.54) is 0 Å². The van der Waals surface area contributed by atoms with E-state index in [0.29, 0.717) is 18.3 Å². The van der Waals surface area contributed by atoms with E-state index in [9.17, 15) is 8.42 Å². The zero-order chi connectivity index (χ0) is 10.1. The molecule has 3 aliphatic rings. The van der Waals surface area contributed by atoms with Gasteiger partial charge < -0.3 is 5.41 Å². The SMILES string of the molecule is CC1C2CC3C1OS(=O)(=O)C3(C=N)C2. The van der Waals surface area contributed by atoms with E-state index < -0.39 is 14.9 Å². The Balaban J connectivity index is 2.21. The fourth-order valence-corrected chi connectivity index (χ4v) is 5.48. The van der Waals surface area contributed by atoms with Crippen molar-refractivity contribution in [3.63, 3.8) is 0 Å². The molecule has 1 N–H and O–H groups in total.